The highest BCUT2D eigenvalue weighted by molar-refractivity contribution is 5.93. The molecule has 1 aromatic heterocycles. The number of nitrogens with one attached hydrogen (secondary N) is 1. The Balaban J connectivity index is 1.43. The highest BCUT2D eigenvalue weighted by Gasteiger charge is 2.31. The highest BCUT2D eigenvalue weighted by Crippen LogP contribution is 2.30. The molecule has 0 fully saturated rings. The van der Waals surface area contributed by atoms with Crippen LogP contribution in [0, 0.1) is 5.82 Å². The van der Waals surface area contributed by atoms with Gasteiger partial charge < -0.3 is 10.1 Å². The van der Waals surface area contributed by atoms with Gasteiger partial charge in [0.2, 0.25) is 0 Å². The maximum Gasteiger partial charge on any atom is 0.416 e. The lowest BCUT2D eigenvalue weighted by Crippen LogP contribution is -2.27. The van der Waals surface area contributed by atoms with Gasteiger partial charge in [0, 0.05) is 6.54 Å². The summed E-state index contributed by atoms with van der Waals surface area (Å²) in [5.74, 6) is -0.909. The second kappa shape index (κ2) is 7.86. The molecule has 1 aliphatic rings. The first-order valence-corrected chi connectivity index (χ1v) is 9.05. The smallest absolute Gasteiger partial charge is 0.365 e. The molecule has 0 bridgehead atoms. The highest BCUT2D eigenvalue weighted by atomic mass is 19.4. The van der Waals surface area contributed by atoms with Crippen LogP contribution in [0.1, 0.15) is 39.0 Å². The van der Waals surface area contributed by atoms with Gasteiger partial charge in [-0.25, -0.2) is 9.07 Å². The van der Waals surface area contributed by atoms with E-state index in [-0.39, 0.29) is 30.8 Å². The average Bonchev–Trinajstić information content (AvgIpc) is 3.15. The molecule has 1 amide bonds. The van der Waals surface area contributed by atoms with Gasteiger partial charge >= 0.3 is 6.18 Å². The molecule has 2 heterocycles. The van der Waals surface area contributed by atoms with Gasteiger partial charge in [-0.2, -0.15) is 13.2 Å². The van der Waals surface area contributed by atoms with E-state index in [1.54, 1.807) is 12.1 Å². The van der Waals surface area contributed by atoms with Crippen molar-refractivity contribution in [3.05, 3.63) is 82.4 Å². The fourth-order valence-electron chi connectivity index (χ4n) is 3.19. The van der Waals surface area contributed by atoms with Crippen LogP contribution < -0.4 is 5.32 Å². The first-order chi connectivity index (χ1) is 14.3. The van der Waals surface area contributed by atoms with Gasteiger partial charge in [0.1, 0.15) is 11.9 Å². The van der Waals surface area contributed by atoms with Crippen molar-refractivity contribution in [2.75, 3.05) is 0 Å². The standard InChI is InChI=1S/C20H16F4N4O2/c21-15-6-4-13(5-7-15)17-10-28-16(11-30-17)18(26-27-28)19(29)25-9-12-2-1-3-14(8-12)20(22,23)24/h1-8,17H,9-11H2,(H,25,29)/t17-/m1/s1. The molecule has 1 aliphatic heterocycles. The number of halogens is 4. The lowest BCUT2D eigenvalue weighted by molar-refractivity contribution is -0.137. The Kier molecular flexibility index (Phi) is 5.25. The number of benzene rings is 2. The zero-order valence-electron chi connectivity index (χ0n) is 15.5. The molecular formula is C20H16F4N4O2. The van der Waals surface area contributed by atoms with Gasteiger partial charge in [0.15, 0.2) is 5.69 Å². The number of nitrogens with zero attached hydrogens (tertiary/aromatic N) is 3. The summed E-state index contributed by atoms with van der Waals surface area (Å²) in [5, 5.41) is 10.4. The van der Waals surface area contributed by atoms with Crippen molar-refractivity contribution in [3.63, 3.8) is 0 Å². The summed E-state index contributed by atoms with van der Waals surface area (Å²) >= 11 is 0. The first-order valence-electron chi connectivity index (χ1n) is 9.05. The van der Waals surface area contributed by atoms with E-state index in [1.165, 1.54) is 28.9 Å². The van der Waals surface area contributed by atoms with Gasteiger partial charge in [-0.1, -0.05) is 29.5 Å². The van der Waals surface area contributed by atoms with Crippen molar-refractivity contribution in [1.29, 1.82) is 0 Å². The van der Waals surface area contributed by atoms with Crippen LogP contribution in [0.3, 0.4) is 0 Å². The van der Waals surface area contributed by atoms with Crippen LogP contribution in [-0.2, 0) is 30.6 Å². The van der Waals surface area contributed by atoms with E-state index in [2.05, 4.69) is 15.6 Å². The number of hydrogen-bond acceptors (Lipinski definition) is 4. The average molecular weight is 420 g/mol. The van der Waals surface area contributed by atoms with Crippen molar-refractivity contribution in [3.8, 4) is 0 Å². The van der Waals surface area contributed by atoms with Crippen LogP contribution in [0.15, 0.2) is 48.5 Å². The van der Waals surface area contributed by atoms with Crippen LogP contribution in [0.25, 0.3) is 0 Å². The summed E-state index contributed by atoms with van der Waals surface area (Å²) in [6, 6.07) is 10.6. The fraction of sp³-hybridized carbons (Fsp3) is 0.250. The van der Waals surface area contributed by atoms with Gasteiger partial charge in [-0.15, -0.1) is 5.10 Å². The molecular weight excluding hydrogens is 404 g/mol. The van der Waals surface area contributed by atoms with E-state index in [0.717, 1.165) is 17.7 Å². The van der Waals surface area contributed by atoms with Gasteiger partial charge in [-0.05, 0) is 35.4 Å². The molecule has 0 unspecified atom stereocenters. The number of alkyl halides is 3. The first kappa shape index (κ1) is 20.0. The largest absolute Gasteiger partial charge is 0.416 e. The second-order valence-corrected chi connectivity index (χ2v) is 6.80. The number of amides is 1. The molecule has 6 nitrogen and oxygen atoms in total. The Hall–Kier alpha value is -3.27. The fourth-order valence-corrected chi connectivity index (χ4v) is 3.19. The van der Waals surface area contributed by atoms with Crippen molar-refractivity contribution in [1.82, 2.24) is 20.3 Å². The summed E-state index contributed by atoms with van der Waals surface area (Å²) in [5.41, 5.74) is 0.824. The van der Waals surface area contributed by atoms with E-state index in [0.29, 0.717) is 17.8 Å². The van der Waals surface area contributed by atoms with Gasteiger partial charge in [-0.3, -0.25) is 4.79 Å². The third kappa shape index (κ3) is 4.18. The van der Waals surface area contributed by atoms with E-state index in [1.807, 2.05) is 0 Å². The predicted octanol–water partition coefficient (Wildman–Crippen LogP) is 3.64. The number of hydrogen-bond donors (Lipinski definition) is 1. The van der Waals surface area contributed by atoms with Crippen LogP contribution >= 0.6 is 0 Å². The summed E-state index contributed by atoms with van der Waals surface area (Å²) in [4.78, 5) is 12.5. The van der Waals surface area contributed by atoms with E-state index >= 15 is 0 Å². The number of carbonyl (C=O) groups excluding carboxylic acids is 1. The quantitative estimate of drug-likeness (QED) is 0.655. The van der Waals surface area contributed by atoms with Crippen LogP contribution in [-0.4, -0.2) is 20.9 Å². The molecule has 0 spiro atoms. The van der Waals surface area contributed by atoms with Crippen molar-refractivity contribution in [2.45, 2.75) is 32.0 Å². The predicted molar refractivity (Wildman–Crippen MR) is 96.6 cm³/mol. The topological polar surface area (TPSA) is 69.0 Å². The number of ether oxygens (including phenoxy) is 1. The molecule has 10 heteroatoms. The van der Waals surface area contributed by atoms with Crippen LogP contribution in [0.4, 0.5) is 17.6 Å². The molecule has 1 N–H and O–H groups in total. The van der Waals surface area contributed by atoms with Crippen molar-refractivity contribution in [2.24, 2.45) is 0 Å². The third-order valence-electron chi connectivity index (χ3n) is 4.76. The Morgan fingerprint density at radius 1 is 1.20 bits per heavy atom. The molecule has 1 atom stereocenters. The number of fused-ring (bicyclic) bond motifs is 1. The zero-order valence-corrected chi connectivity index (χ0v) is 15.5. The Morgan fingerprint density at radius 2 is 1.97 bits per heavy atom. The lowest BCUT2D eigenvalue weighted by Gasteiger charge is -2.24. The molecule has 2 aromatic carbocycles. The summed E-state index contributed by atoms with van der Waals surface area (Å²) in [7, 11) is 0. The Morgan fingerprint density at radius 3 is 2.70 bits per heavy atom. The maximum atomic E-state index is 13.1. The van der Waals surface area contributed by atoms with E-state index in [9.17, 15) is 22.4 Å². The minimum absolute atomic E-state index is 0.0551. The van der Waals surface area contributed by atoms with Gasteiger partial charge in [0.05, 0.1) is 24.4 Å². The third-order valence-corrected chi connectivity index (χ3v) is 4.76. The SMILES string of the molecule is O=C(NCc1cccc(C(F)(F)F)c1)c1nnn2c1CO[C@@H](c1ccc(F)cc1)C2. The number of rotatable bonds is 4. The molecule has 0 radical (unpaired) electrons. The van der Waals surface area contributed by atoms with E-state index in [4.69, 9.17) is 4.74 Å². The number of carbonyl (C=O) groups is 1. The van der Waals surface area contributed by atoms with Crippen LogP contribution in [0.5, 0.6) is 0 Å². The minimum Gasteiger partial charge on any atom is -0.365 e. The molecule has 0 saturated carbocycles. The van der Waals surface area contributed by atoms with Gasteiger partial charge in [0.25, 0.3) is 5.91 Å². The Bertz CT molecular complexity index is 1060. The lowest BCUT2D eigenvalue weighted by atomic mass is 10.1. The second-order valence-electron chi connectivity index (χ2n) is 6.80. The summed E-state index contributed by atoms with van der Waals surface area (Å²) < 4.78 is 58.8. The zero-order chi connectivity index (χ0) is 21.3. The minimum atomic E-state index is -4.45. The monoisotopic (exact) mass is 420 g/mol. The normalized spacial score (nSPS) is 16.2. The number of aromatic nitrogens is 3. The molecule has 0 saturated heterocycles. The van der Waals surface area contributed by atoms with Crippen molar-refractivity contribution >= 4 is 5.91 Å². The molecule has 4 rings (SSSR count). The maximum absolute atomic E-state index is 13.1. The molecule has 3 aromatic rings. The summed E-state index contributed by atoms with van der Waals surface area (Å²) in [6.07, 6.45) is -4.81. The summed E-state index contributed by atoms with van der Waals surface area (Å²) in [6.45, 7) is 0.282. The molecule has 156 valence electrons. The molecule has 0 aliphatic carbocycles. The van der Waals surface area contributed by atoms with Crippen LogP contribution in [0.2, 0.25) is 0 Å². The Labute approximate surface area is 168 Å². The molecule has 30 heavy (non-hydrogen) atoms. The van der Waals surface area contributed by atoms with Crippen molar-refractivity contribution < 1.29 is 27.1 Å². The van der Waals surface area contributed by atoms with E-state index < -0.39 is 17.6 Å².